The molecule has 27 heavy (non-hydrogen) atoms. The third kappa shape index (κ3) is 3.00. The smallest absolute Gasteiger partial charge is 0.274 e. The molecule has 4 rings (SSSR count). The summed E-state index contributed by atoms with van der Waals surface area (Å²) in [6.07, 6.45) is 1.81. The number of nitrogens with zero attached hydrogens (tertiary/aromatic N) is 1. The molecule has 1 atom stereocenters. The number of fused-ring (bicyclic) bond motifs is 1. The Morgan fingerprint density at radius 3 is 2.56 bits per heavy atom. The Morgan fingerprint density at radius 2 is 1.85 bits per heavy atom. The number of amides is 2. The minimum atomic E-state index is -0.547. The van der Waals surface area contributed by atoms with Crippen LogP contribution in [0.1, 0.15) is 33.5 Å². The van der Waals surface area contributed by atoms with Gasteiger partial charge in [-0.05, 0) is 48.6 Å². The number of hydroxylamine groups is 1. The quantitative estimate of drug-likeness (QED) is 0.605. The van der Waals surface area contributed by atoms with Crippen molar-refractivity contribution in [1.82, 2.24) is 10.4 Å². The summed E-state index contributed by atoms with van der Waals surface area (Å²) in [6.45, 7) is 0.995. The Labute approximate surface area is 166 Å². The first kappa shape index (κ1) is 18.3. The predicted octanol–water partition coefficient (Wildman–Crippen LogP) is 3.63. The van der Waals surface area contributed by atoms with Crippen LogP contribution in [-0.4, -0.2) is 28.5 Å². The van der Waals surface area contributed by atoms with E-state index in [1.807, 2.05) is 6.07 Å². The van der Waals surface area contributed by atoms with E-state index in [4.69, 9.17) is 28.4 Å². The lowest BCUT2D eigenvalue weighted by Crippen LogP contribution is -2.35. The van der Waals surface area contributed by atoms with E-state index in [0.29, 0.717) is 48.0 Å². The van der Waals surface area contributed by atoms with Gasteiger partial charge in [-0.3, -0.25) is 14.8 Å². The maximum Gasteiger partial charge on any atom is 0.274 e. The van der Waals surface area contributed by atoms with Gasteiger partial charge in [0.1, 0.15) is 0 Å². The van der Waals surface area contributed by atoms with Gasteiger partial charge in [-0.1, -0.05) is 41.4 Å². The summed E-state index contributed by atoms with van der Waals surface area (Å²) in [5.74, 6) is -0.487. The summed E-state index contributed by atoms with van der Waals surface area (Å²) in [6, 6.07) is 10.7. The van der Waals surface area contributed by atoms with Gasteiger partial charge >= 0.3 is 0 Å². The first-order valence-electron chi connectivity index (χ1n) is 8.73. The van der Waals surface area contributed by atoms with Crippen LogP contribution < -0.4 is 5.48 Å². The molecule has 7 heteroatoms. The van der Waals surface area contributed by atoms with Crippen LogP contribution in [0, 0.1) is 5.41 Å². The standard InChI is InChI=1S/C20H18Cl2N2O3/c21-16-5-2-6-17(22)15(16)11-24-8-7-20(19(24)26)9-12-3-1-4-13(14(12)10-20)18(25)23-27/h1-6,27H,7-11H2,(H,23,25). The highest BCUT2D eigenvalue weighted by Gasteiger charge is 2.50. The Morgan fingerprint density at radius 1 is 1.15 bits per heavy atom. The lowest BCUT2D eigenvalue weighted by atomic mass is 9.83. The van der Waals surface area contributed by atoms with Gasteiger partial charge in [0.15, 0.2) is 0 Å². The van der Waals surface area contributed by atoms with Gasteiger partial charge in [-0.2, -0.15) is 0 Å². The molecule has 1 aliphatic heterocycles. The summed E-state index contributed by atoms with van der Waals surface area (Å²) in [5.41, 5.74) is 4.16. The Kier molecular flexibility index (Phi) is 4.62. The van der Waals surface area contributed by atoms with Gasteiger partial charge in [0.05, 0.1) is 5.41 Å². The first-order valence-corrected chi connectivity index (χ1v) is 9.48. The average molecular weight is 405 g/mol. The second kappa shape index (κ2) is 6.82. The first-order chi connectivity index (χ1) is 12.9. The summed E-state index contributed by atoms with van der Waals surface area (Å²) in [7, 11) is 0. The van der Waals surface area contributed by atoms with Crippen molar-refractivity contribution in [2.75, 3.05) is 6.54 Å². The van der Waals surface area contributed by atoms with Crippen LogP contribution in [0.5, 0.6) is 0 Å². The zero-order valence-electron chi connectivity index (χ0n) is 14.5. The number of carbonyl (C=O) groups is 2. The van der Waals surface area contributed by atoms with Gasteiger partial charge < -0.3 is 4.90 Å². The van der Waals surface area contributed by atoms with Gasteiger partial charge in [0.2, 0.25) is 5.91 Å². The Balaban J connectivity index is 1.60. The van der Waals surface area contributed by atoms with E-state index in [-0.39, 0.29) is 5.91 Å². The molecule has 2 aromatic rings. The molecule has 1 fully saturated rings. The molecule has 0 saturated carbocycles. The molecule has 2 N–H and O–H groups in total. The van der Waals surface area contributed by atoms with Crippen LogP contribution in [0.25, 0.3) is 0 Å². The number of carbonyl (C=O) groups excluding carboxylic acids is 2. The summed E-state index contributed by atoms with van der Waals surface area (Å²) < 4.78 is 0. The zero-order valence-corrected chi connectivity index (χ0v) is 16.0. The topological polar surface area (TPSA) is 69.6 Å². The van der Waals surface area contributed by atoms with Crippen LogP contribution in [0.15, 0.2) is 36.4 Å². The van der Waals surface area contributed by atoms with Crippen LogP contribution in [0.2, 0.25) is 10.0 Å². The minimum Gasteiger partial charge on any atom is -0.338 e. The van der Waals surface area contributed by atoms with E-state index >= 15 is 0 Å². The van der Waals surface area contributed by atoms with Gasteiger partial charge in [0.25, 0.3) is 5.91 Å². The highest BCUT2D eigenvalue weighted by atomic mass is 35.5. The molecule has 1 saturated heterocycles. The highest BCUT2D eigenvalue weighted by Crippen LogP contribution is 2.46. The van der Waals surface area contributed by atoms with E-state index in [0.717, 1.165) is 16.7 Å². The summed E-state index contributed by atoms with van der Waals surface area (Å²) >= 11 is 12.5. The molecule has 2 amide bonds. The maximum atomic E-state index is 13.3. The summed E-state index contributed by atoms with van der Waals surface area (Å²) in [4.78, 5) is 27.0. The van der Waals surface area contributed by atoms with Crippen molar-refractivity contribution in [3.63, 3.8) is 0 Å². The summed E-state index contributed by atoms with van der Waals surface area (Å²) in [5, 5.41) is 10.1. The van der Waals surface area contributed by atoms with Crippen molar-refractivity contribution < 1.29 is 14.8 Å². The second-order valence-electron chi connectivity index (χ2n) is 7.19. The average Bonchev–Trinajstić information content (AvgIpc) is 3.18. The number of benzene rings is 2. The zero-order chi connectivity index (χ0) is 19.2. The number of likely N-dealkylation sites (tertiary alicyclic amines) is 1. The number of nitrogens with one attached hydrogen (secondary N) is 1. The molecule has 140 valence electrons. The lowest BCUT2D eigenvalue weighted by Gasteiger charge is -2.23. The maximum absolute atomic E-state index is 13.3. The molecular formula is C20H18Cl2N2O3. The number of rotatable bonds is 3. The third-order valence-corrected chi connectivity index (χ3v) is 6.38. The van der Waals surface area contributed by atoms with Crippen molar-refractivity contribution in [3.8, 4) is 0 Å². The lowest BCUT2D eigenvalue weighted by molar-refractivity contribution is -0.136. The fraction of sp³-hybridized carbons (Fsp3) is 0.300. The van der Waals surface area contributed by atoms with E-state index in [9.17, 15) is 9.59 Å². The molecule has 1 aliphatic carbocycles. The molecule has 0 bridgehead atoms. The molecule has 1 spiro atoms. The van der Waals surface area contributed by atoms with Crippen molar-refractivity contribution in [2.45, 2.75) is 25.8 Å². The number of halogens is 2. The van der Waals surface area contributed by atoms with Crippen LogP contribution in [-0.2, 0) is 24.2 Å². The van der Waals surface area contributed by atoms with Crippen molar-refractivity contribution >= 4 is 35.0 Å². The van der Waals surface area contributed by atoms with Crippen molar-refractivity contribution in [2.24, 2.45) is 5.41 Å². The normalized spacial score (nSPS) is 21.0. The molecule has 0 aromatic heterocycles. The molecule has 2 aromatic carbocycles. The molecule has 5 nitrogen and oxygen atoms in total. The third-order valence-electron chi connectivity index (χ3n) is 5.68. The van der Waals surface area contributed by atoms with Crippen LogP contribution in [0.4, 0.5) is 0 Å². The Bertz CT molecular complexity index is 927. The van der Waals surface area contributed by atoms with E-state index < -0.39 is 11.3 Å². The molecule has 1 heterocycles. The highest BCUT2D eigenvalue weighted by molar-refractivity contribution is 6.36. The van der Waals surface area contributed by atoms with Crippen molar-refractivity contribution in [3.05, 3.63) is 68.7 Å². The van der Waals surface area contributed by atoms with E-state index in [1.165, 1.54) is 0 Å². The monoisotopic (exact) mass is 404 g/mol. The minimum absolute atomic E-state index is 0.0602. The molecule has 2 aliphatic rings. The fourth-order valence-corrected chi connectivity index (χ4v) is 4.81. The van der Waals surface area contributed by atoms with E-state index in [2.05, 4.69) is 0 Å². The second-order valence-corrected chi connectivity index (χ2v) is 8.01. The van der Waals surface area contributed by atoms with Gasteiger partial charge in [-0.15, -0.1) is 0 Å². The fourth-order valence-electron chi connectivity index (χ4n) is 4.29. The van der Waals surface area contributed by atoms with Gasteiger partial charge in [-0.25, -0.2) is 5.48 Å². The Hall–Kier alpha value is -2.08. The predicted molar refractivity (Wildman–Crippen MR) is 102 cm³/mol. The molecule has 1 unspecified atom stereocenters. The van der Waals surface area contributed by atoms with Crippen LogP contribution in [0.3, 0.4) is 0 Å². The number of hydrogen-bond donors (Lipinski definition) is 2. The number of hydrogen-bond acceptors (Lipinski definition) is 3. The van der Waals surface area contributed by atoms with E-state index in [1.54, 1.807) is 40.7 Å². The molecular weight excluding hydrogens is 387 g/mol. The van der Waals surface area contributed by atoms with Crippen LogP contribution >= 0.6 is 23.2 Å². The molecule has 0 radical (unpaired) electrons. The van der Waals surface area contributed by atoms with Gasteiger partial charge in [0, 0.05) is 34.3 Å². The SMILES string of the molecule is O=C(NO)c1cccc2c1CC1(CCN(Cc3c(Cl)cccc3Cl)C1=O)C2. The largest absolute Gasteiger partial charge is 0.338 e. The van der Waals surface area contributed by atoms with Crippen molar-refractivity contribution in [1.29, 1.82) is 0 Å².